The summed E-state index contributed by atoms with van der Waals surface area (Å²) in [6.07, 6.45) is 4.49. The van der Waals surface area contributed by atoms with Crippen LogP contribution in [0.2, 0.25) is 0 Å². The van der Waals surface area contributed by atoms with Gasteiger partial charge in [-0.15, -0.1) is 28.2 Å². The van der Waals surface area contributed by atoms with Crippen molar-refractivity contribution in [2.45, 2.75) is 23.9 Å². The SMILES string of the molecule is CCOC(=O)C1=C(/C=C\c2csnn2)CSC2C(NC(=O)/C=N\OC(c3ccccc3)(c3ccccc3)c3ccccc3-c3csc(N)n3)C(=O)N12. The third-order valence-electron chi connectivity index (χ3n) is 8.42. The molecule has 2 aliphatic heterocycles. The van der Waals surface area contributed by atoms with Gasteiger partial charge in [-0.05, 0) is 30.1 Å². The van der Waals surface area contributed by atoms with Crippen molar-refractivity contribution >= 4 is 69.8 Å². The number of benzene rings is 3. The number of anilines is 1. The van der Waals surface area contributed by atoms with Crippen LogP contribution in [-0.4, -0.2) is 67.2 Å². The molecule has 1 saturated heterocycles. The molecule has 52 heavy (non-hydrogen) atoms. The molecular formula is C37H31N7O5S3. The molecule has 0 saturated carbocycles. The highest BCUT2D eigenvalue weighted by Gasteiger charge is 2.54. The largest absolute Gasteiger partial charge is 0.461 e. The van der Waals surface area contributed by atoms with Crippen LogP contribution in [0.5, 0.6) is 0 Å². The Balaban J connectivity index is 1.17. The summed E-state index contributed by atoms with van der Waals surface area (Å²) in [6.45, 7) is 1.84. The number of oxime groups is 1. The van der Waals surface area contributed by atoms with Crippen LogP contribution >= 0.6 is 34.6 Å². The normalized spacial score (nSPS) is 17.2. The van der Waals surface area contributed by atoms with Crippen LogP contribution in [0.1, 0.15) is 29.3 Å². The van der Waals surface area contributed by atoms with Crippen molar-refractivity contribution in [1.29, 1.82) is 0 Å². The standard InChI is InChI=1S/C37H31N7O5S3/c1-2-48-35(47)32-23(17-18-26-21-52-43-42-26)20-50-34-31(33(46)44(32)34)41-30(45)19-39-49-37(24-11-5-3-6-12-24,25-13-7-4-8-14-25)28-16-10-9-15-27(28)29-22-51-36(38)40-29/h3-19,21-22,31,34H,2,20H2,1H3,(H2,38,40)(H,41,45)/b18-17-,39-19-. The van der Waals surface area contributed by atoms with Crippen LogP contribution in [0.3, 0.4) is 0 Å². The highest BCUT2D eigenvalue weighted by atomic mass is 32.2. The predicted octanol–water partition coefficient (Wildman–Crippen LogP) is 5.47. The molecule has 2 aliphatic rings. The molecule has 15 heteroatoms. The number of nitrogen functional groups attached to an aromatic ring is 1. The molecule has 262 valence electrons. The van der Waals surface area contributed by atoms with E-state index in [0.29, 0.717) is 27.8 Å². The van der Waals surface area contributed by atoms with Gasteiger partial charge in [0.25, 0.3) is 11.8 Å². The lowest BCUT2D eigenvalue weighted by atomic mass is 9.78. The van der Waals surface area contributed by atoms with Gasteiger partial charge in [-0.3, -0.25) is 14.5 Å². The van der Waals surface area contributed by atoms with Crippen molar-refractivity contribution in [3.63, 3.8) is 0 Å². The molecule has 7 rings (SSSR count). The minimum absolute atomic E-state index is 0.140. The molecule has 0 spiro atoms. The van der Waals surface area contributed by atoms with Crippen LogP contribution in [0, 0.1) is 0 Å². The summed E-state index contributed by atoms with van der Waals surface area (Å²) in [6, 6.07) is 26.0. The number of nitrogens with two attached hydrogens (primary N) is 1. The van der Waals surface area contributed by atoms with Gasteiger partial charge in [-0.2, -0.15) is 0 Å². The summed E-state index contributed by atoms with van der Waals surface area (Å²) in [4.78, 5) is 52.4. The third kappa shape index (κ3) is 6.73. The number of aromatic nitrogens is 3. The Bertz CT molecular complexity index is 2130. The molecule has 12 nitrogen and oxygen atoms in total. The number of fused-ring (bicyclic) bond motifs is 1. The second kappa shape index (κ2) is 15.3. The van der Waals surface area contributed by atoms with E-state index in [-0.39, 0.29) is 12.3 Å². The molecule has 4 heterocycles. The van der Waals surface area contributed by atoms with Crippen LogP contribution < -0.4 is 11.1 Å². The number of esters is 1. The Hall–Kier alpha value is -5.64. The van der Waals surface area contributed by atoms with Crippen LogP contribution in [0.4, 0.5) is 5.13 Å². The molecule has 5 aromatic rings. The van der Waals surface area contributed by atoms with E-state index in [9.17, 15) is 14.4 Å². The van der Waals surface area contributed by atoms with Crippen molar-refractivity contribution < 1.29 is 24.0 Å². The average molecular weight is 750 g/mol. The van der Waals surface area contributed by atoms with Crippen molar-refractivity contribution in [1.82, 2.24) is 24.8 Å². The van der Waals surface area contributed by atoms with Gasteiger partial charge in [-0.25, -0.2) is 9.78 Å². The third-order valence-corrected chi connectivity index (χ3v) is 10.9. The van der Waals surface area contributed by atoms with E-state index >= 15 is 0 Å². The number of thioether (sulfide) groups is 1. The molecule has 2 atom stereocenters. The van der Waals surface area contributed by atoms with Crippen LogP contribution in [0.15, 0.2) is 118 Å². The summed E-state index contributed by atoms with van der Waals surface area (Å²) in [7, 11) is 0. The molecule has 1 fully saturated rings. The van der Waals surface area contributed by atoms with Gasteiger partial charge in [0.15, 0.2) is 5.13 Å². The summed E-state index contributed by atoms with van der Waals surface area (Å²) in [5, 5.41) is 14.6. The van der Waals surface area contributed by atoms with Crippen LogP contribution in [0.25, 0.3) is 17.3 Å². The Kier molecular flexibility index (Phi) is 10.2. The van der Waals surface area contributed by atoms with Crippen molar-refractivity contribution in [3.8, 4) is 11.3 Å². The van der Waals surface area contributed by atoms with Gasteiger partial charge in [0, 0.05) is 38.8 Å². The van der Waals surface area contributed by atoms with E-state index < -0.39 is 34.8 Å². The highest BCUT2D eigenvalue weighted by molar-refractivity contribution is 8.00. The molecule has 2 aromatic heterocycles. The van der Waals surface area contributed by atoms with E-state index in [4.69, 9.17) is 15.3 Å². The fourth-order valence-electron chi connectivity index (χ4n) is 6.14. The van der Waals surface area contributed by atoms with E-state index in [2.05, 4.69) is 25.0 Å². The average Bonchev–Trinajstić information content (AvgIpc) is 3.87. The van der Waals surface area contributed by atoms with Gasteiger partial charge in [-0.1, -0.05) is 101 Å². The van der Waals surface area contributed by atoms with Crippen molar-refractivity contribution in [3.05, 3.63) is 135 Å². The molecule has 3 aromatic carbocycles. The van der Waals surface area contributed by atoms with Gasteiger partial charge in [0.2, 0.25) is 5.60 Å². The quantitative estimate of drug-likeness (QED) is 0.0550. The van der Waals surface area contributed by atoms with Crippen molar-refractivity contribution in [2.24, 2.45) is 5.16 Å². The van der Waals surface area contributed by atoms with E-state index in [1.54, 1.807) is 24.5 Å². The molecular weight excluding hydrogens is 719 g/mol. The number of ether oxygens (including phenoxy) is 1. The minimum atomic E-state index is -1.32. The Morgan fingerprint density at radius 2 is 1.73 bits per heavy atom. The zero-order chi connectivity index (χ0) is 36.1. The monoisotopic (exact) mass is 749 g/mol. The second-order valence-corrected chi connectivity index (χ2v) is 14.1. The first kappa shape index (κ1) is 34.8. The number of hydrogen-bond donors (Lipinski definition) is 2. The lowest BCUT2D eigenvalue weighted by Crippen LogP contribution is -2.70. The number of nitrogens with zero attached hydrogens (tertiary/aromatic N) is 5. The Morgan fingerprint density at radius 1 is 1.02 bits per heavy atom. The zero-order valence-electron chi connectivity index (χ0n) is 27.6. The highest BCUT2D eigenvalue weighted by Crippen LogP contribution is 2.45. The van der Waals surface area contributed by atoms with Crippen LogP contribution in [-0.2, 0) is 29.6 Å². The topological polar surface area (TPSA) is 162 Å². The number of rotatable bonds is 12. The van der Waals surface area contributed by atoms with Gasteiger partial charge < -0.3 is 20.6 Å². The smallest absolute Gasteiger partial charge is 0.355 e. The van der Waals surface area contributed by atoms with E-state index in [0.717, 1.165) is 28.5 Å². The Labute approximate surface area is 311 Å². The predicted molar refractivity (Wildman–Crippen MR) is 202 cm³/mol. The fraction of sp³-hybridized carbons (Fsp3) is 0.162. The van der Waals surface area contributed by atoms with E-state index in [1.165, 1.54) is 39.5 Å². The number of carbonyl (C=O) groups is 3. The number of nitrogens with one attached hydrogen (secondary N) is 1. The number of β-lactam (4-membered cyclic amide) rings is 1. The van der Waals surface area contributed by atoms with E-state index in [1.807, 2.05) is 90.3 Å². The van der Waals surface area contributed by atoms with Crippen molar-refractivity contribution in [2.75, 3.05) is 18.1 Å². The van der Waals surface area contributed by atoms with Gasteiger partial charge >= 0.3 is 5.97 Å². The first-order valence-corrected chi connectivity index (χ1v) is 18.9. The first-order valence-electron chi connectivity index (χ1n) is 16.1. The molecule has 0 bridgehead atoms. The lowest BCUT2D eigenvalue weighted by molar-refractivity contribution is -0.152. The number of hydrogen-bond acceptors (Lipinski definition) is 13. The number of thiazole rings is 1. The second-order valence-electron chi connectivity index (χ2n) is 11.5. The maximum Gasteiger partial charge on any atom is 0.355 e. The molecule has 0 aliphatic carbocycles. The fourth-order valence-corrected chi connectivity index (χ4v) is 8.44. The van der Waals surface area contributed by atoms with Gasteiger partial charge in [0.05, 0.1) is 18.0 Å². The molecule has 3 N–H and O–H groups in total. The number of amides is 2. The maximum atomic E-state index is 13.5. The first-order chi connectivity index (χ1) is 25.4. The molecule has 2 amide bonds. The minimum Gasteiger partial charge on any atom is -0.461 e. The Morgan fingerprint density at radius 3 is 2.38 bits per heavy atom. The summed E-state index contributed by atoms with van der Waals surface area (Å²) >= 11 is 3.96. The molecule has 0 radical (unpaired) electrons. The summed E-state index contributed by atoms with van der Waals surface area (Å²) in [5.74, 6) is -1.29. The number of carbonyl (C=O) groups excluding carboxylic acids is 3. The maximum absolute atomic E-state index is 13.5. The lowest BCUT2D eigenvalue weighted by Gasteiger charge is -2.49. The zero-order valence-corrected chi connectivity index (χ0v) is 30.1. The molecule has 2 unspecified atom stereocenters. The summed E-state index contributed by atoms with van der Waals surface area (Å²) < 4.78 is 9.16. The summed E-state index contributed by atoms with van der Waals surface area (Å²) in [5.41, 5.74) is 9.80. The number of allylic oxidation sites excluding steroid dienone is 1. The van der Waals surface area contributed by atoms with Gasteiger partial charge in [0.1, 0.15) is 23.3 Å².